The molecule has 7 heteroatoms. The fraction of sp³-hybridized carbons (Fsp3) is 0.636. The quantitative estimate of drug-likeness (QED) is 0.905. The number of nitrogens with zero attached hydrogens (tertiary/aromatic N) is 2. The summed E-state index contributed by atoms with van der Waals surface area (Å²) < 4.78 is 5.03. The van der Waals surface area contributed by atoms with Crippen molar-refractivity contribution in [3.05, 3.63) is 15.6 Å². The van der Waals surface area contributed by atoms with Crippen molar-refractivity contribution in [2.45, 2.75) is 13.5 Å². The number of amides is 1. The van der Waals surface area contributed by atoms with Crippen LogP contribution in [0.1, 0.15) is 20.4 Å². The average Bonchev–Trinajstić information content (AvgIpc) is 2.71. The van der Waals surface area contributed by atoms with Gasteiger partial charge < -0.3 is 15.0 Å². The lowest BCUT2D eigenvalue weighted by molar-refractivity contribution is 0.0740. The van der Waals surface area contributed by atoms with Crippen LogP contribution in [-0.2, 0) is 11.3 Å². The summed E-state index contributed by atoms with van der Waals surface area (Å²) >= 11 is 1.44. The number of halogens is 1. The molecule has 2 heterocycles. The molecule has 5 nitrogen and oxygen atoms in total. The maximum Gasteiger partial charge on any atom is 0.265 e. The van der Waals surface area contributed by atoms with Crippen LogP contribution in [-0.4, -0.2) is 49.1 Å². The van der Waals surface area contributed by atoms with E-state index in [4.69, 9.17) is 4.74 Å². The second kappa shape index (κ2) is 7.04. The maximum absolute atomic E-state index is 12.3. The van der Waals surface area contributed by atoms with E-state index in [1.807, 2.05) is 11.8 Å². The standard InChI is InChI=1S/C11H17N3O2S.ClH/c1-8-10(17-9(13-8)7-16-2)11(15)14-5-3-12-4-6-14;/h12H,3-7H2,1-2H3;1H. The Morgan fingerprint density at radius 1 is 1.50 bits per heavy atom. The first kappa shape index (κ1) is 15.4. The SMILES string of the molecule is COCc1nc(C)c(C(=O)N2CCNCC2)s1.Cl. The minimum absolute atomic E-state index is 0. The number of nitrogens with one attached hydrogen (secondary N) is 1. The van der Waals surface area contributed by atoms with E-state index in [0.29, 0.717) is 6.61 Å². The van der Waals surface area contributed by atoms with Gasteiger partial charge in [0.15, 0.2) is 0 Å². The molecule has 0 radical (unpaired) electrons. The average molecular weight is 292 g/mol. The van der Waals surface area contributed by atoms with Gasteiger partial charge in [-0.25, -0.2) is 4.98 Å². The van der Waals surface area contributed by atoms with Gasteiger partial charge in [-0.05, 0) is 6.92 Å². The Balaban J connectivity index is 0.00000162. The molecule has 1 aliphatic rings. The van der Waals surface area contributed by atoms with Crippen LogP contribution in [0, 0.1) is 6.92 Å². The van der Waals surface area contributed by atoms with Gasteiger partial charge in [0.25, 0.3) is 5.91 Å². The van der Waals surface area contributed by atoms with E-state index in [1.54, 1.807) is 7.11 Å². The second-order valence-electron chi connectivity index (χ2n) is 4.00. The molecular formula is C11H18ClN3O2S. The Hall–Kier alpha value is -0.690. The van der Waals surface area contributed by atoms with Crippen LogP contribution >= 0.6 is 23.7 Å². The number of aryl methyl sites for hydroxylation is 1. The van der Waals surface area contributed by atoms with Crippen LogP contribution in [0.4, 0.5) is 0 Å². The summed E-state index contributed by atoms with van der Waals surface area (Å²) in [6.07, 6.45) is 0. The molecule has 1 aliphatic heterocycles. The van der Waals surface area contributed by atoms with Gasteiger partial charge in [-0.1, -0.05) is 0 Å². The molecule has 0 bridgehead atoms. The van der Waals surface area contributed by atoms with E-state index in [-0.39, 0.29) is 18.3 Å². The second-order valence-corrected chi connectivity index (χ2v) is 5.08. The van der Waals surface area contributed by atoms with E-state index in [0.717, 1.165) is 41.8 Å². The van der Waals surface area contributed by atoms with Gasteiger partial charge in [0.1, 0.15) is 9.88 Å². The highest BCUT2D eigenvalue weighted by Crippen LogP contribution is 2.20. The number of carbonyl (C=O) groups is 1. The zero-order valence-electron chi connectivity index (χ0n) is 10.6. The Morgan fingerprint density at radius 2 is 2.17 bits per heavy atom. The van der Waals surface area contributed by atoms with Gasteiger partial charge in [-0.3, -0.25) is 4.79 Å². The fourth-order valence-electron chi connectivity index (χ4n) is 1.85. The molecule has 1 aromatic heterocycles. The number of hydrogen-bond acceptors (Lipinski definition) is 5. The zero-order valence-corrected chi connectivity index (χ0v) is 12.2. The number of piperazine rings is 1. The summed E-state index contributed by atoms with van der Waals surface area (Å²) in [6.45, 7) is 5.64. The highest BCUT2D eigenvalue weighted by atomic mass is 35.5. The molecule has 18 heavy (non-hydrogen) atoms. The number of methoxy groups -OCH3 is 1. The zero-order chi connectivity index (χ0) is 12.3. The number of aromatic nitrogens is 1. The molecule has 1 fully saturated rings. The van der Waals surface area contributed by atoms with Gasteiger partial charge in [-0.2, -0.15) is 0 Å². The number of thiazole rings is 1. The van der Waals surface area contributed by atoms with E-state index < -0.39 is 0 Å². The Bertz CT molecular complexity index is 405. The molecule has 0 unspecified atom stereocenters. The van der Waals surface area contributed by atoms with Gasteiger partial charge >= 0.3 is 0 Å². The third kappa shape index (κ3) is 3.41. The summed E-state index contributed by atoms with van der Waals surface area (Å²) in [5.74, 6) is 0.101. The van der Waals surface area contributed by atoms with Gasteiger partial charge in [0.2, 0.25) is 0 Å². The third-order valence-corrected chi connectivity index (χ3v) is 3.83. The summed E-state index contributed by atoms with van der Waals surface area (Å²) in [5.41, 5.74) is 0.811. The van der Waals surface area contributed by atoms with Crippen molar-refractivity contribution < 1.29 is 9.53 Å². The van der Waals surface area contributed by atoms with Gasteiger partial charge in [0, 0.05) is 33.3 Å². The van der Waals surface area contributed by atoms with Crippen LogP contribution in [0.3, 0.4) is 0 Å². The van der Waals surface area contributed by atoms with E-state index in [9.17, 15) is 4.79 Å². The first-order valence-corrected chi connectivity index (χ1v) is 6.49. The van der Waals surface area contributed by atoms with Crippen molar-refractivity contribution >= 4 is 29.7 Å². The first-order chi connectivity index (χ1) is 8.22. The molecule has 1 aromatic rings. The number of hydrogen-bond donors (Lipinski definition) is 1. The van der Waals surface area contributed by atoms with Crippen LogP contribution in [0.15, 0.2) is 0 Å². The molecule has 0 atom stereocenters. The lowest BCUT2D eigenvalue weighted by Gasteiger charge is -2.27. The molecule has 2 rings (SSSR count). The van der Waals surface area contributed by atoms with Crippen molar-refractivity contribution in [3.8, 4) is 0 Å². The lowest BCUT2D eigenvalue weighted by Crippen LogP contribution is -2.46. The topological polar surface area (TPSA) is 54.5 Å². The molecule has 1 amide bonds. The summed E-state index contributed by atoms with van der Waals surface area (Å²) in [7, 11) is 1.63. The fourth-order valence-corrected chi connectivity index (χ4v) is 2.85. The monoisotopic (exact) mass is 291 g/mol. The molecule has 0 saturated carbocycles. The lowest BCUT2D eigenvalue weighted by atomic mass is 10.3. The van der Waals surface area contributed by atoms with Crippen molar-refractivity contribution in [2.75, 3.05) is 33.3 Å². The predicted octanol–water partition coefficient (Wildman–Crippen LogP) is 1.07. The number of rotatable bonds is 3. The molecule has 1 saturated heterocycles. The van der Waals surface area contributed by atoms with Crippen molar-refractivity contribution in [2.24, 2.45) is 0 Å². The molecule has 0 aliphatic carbocycles. The summed E-state index contributed by atoms with van der Waals surface area (Å²) in [6, 6.07) is 0. The summed E-state index contributed by atoms with van der Waals surface area (Å²) in [4.78, 5) is 19.2. The van der Waals surface area contributed by atoms with Crippen molar-refractivity contribution in [3.63, 3.8) is 0 Å². The van der Waals surface area contributed by atoms with Gasteiger partial charge in [0.05, 0.1) is 12.3 Å². The first-order valence-electron chi connectivity index (χ1n) is 5.67. The molecular weight excluding hydrogens is 274 g/mol. The highest BCUT2D eigenvalue weighted by molar-refractivity contribution is 7.13. The number of ether oxygens (including phenoxy) is 1. The normalized spacial score (nSPS) is 15.3. The third-order valence-electron chi connectivity index (χ3n) is 2.71. The van der Waals surface area contributed by atoms with Crippen LogP contribution in [0.2, 0.25) is 0 Å². The number of carbonyl (C=O) groups excluding carboxylic acids is 1. The molecule has 1 N–H and O–H groups in total. The van der Waals surface area contributed by atoms with Crippen LogP contribution in [0.25, 0.3) is 0 Å². The van der Waals surface area contributed by atoms with E-state index in [2.05, 4.69) is 10.3 Å². The molecule has 0 aromatic carbocycles. The van der Waals surface area contributed by atoms with Gasteiger partial charge in [-0.15, -0.1) is 23.7 Å². The minimum atomic E-state index is 0. The Morgan fingerprint density at radius 3 is 2.78 bits per heavy atom. The minimum Gasteiger partial charge on any atom is -0.378 e. The van der Waals surface area contributed by atoms with Crippen molar-refractivity contribution in [1.29, 1.82) is 0 Å². The Labute approximate surface area is 117 Å². The maximum atomic E-state index is 12.3. The smallest absolute Gasteiger partial charge is 0.265 e. The predicted molar refractivity (Wildman–Crippen MR) is 73.6 cm³/mol. The van der Waals surface area contributed by atoms with E-state index in [1.165, 1.54) is 11.3 Å². The highest BCUT2D eigenvalue weighted by Gasteiger charge is 2.22. The van der Waals surface area contributed by atoms with E-state index >= 15 is 0 Å². The van der Waals surface area contributed by atoms with Crippen LogP contribution in [0.5, 0.6) is 0 Å². The van der Waals surface area contributed by atoms with Crippen LogP contribution < -0.4 is 5.32 Å². The largest absolute Gasteiger partial charge is 0.378 e. The molecule has 0 spiro atoms. The van der Waals surface area contributed by atoms with Crippen molar-refractivity contribution in [1.82, 2.24) is 15.2 Å². The Kier molecular flexibility index (Phi) is 6.01. The summed E-state index contributed by atoms with van der Waals surface area (Å²) in [5, 5.41) is 4.10. The molecule has 102 valence electrons.